The molecule has 1 saturated carbocycles. The molecule has 4 aromatic carbocycles. The number of carbonyl (C=O) groups is 1. The van der Waals surface area contributed by atoms with Crippen LogP contribution in [0.3, 0.4) is 0 Å². The molecule has 0 spiro atoms. The number of aromatic nitrogens is 2. The van der Waals surface area contributed by atoms with Crippen molar-refractivity contribution in [3.63, 3.8) is 0 Å². The molecule has 1 fully saturated rings. The van der Waals surface area contributed by atoms with Gasteiger partial charge in [-0.3, -0.25) is 4.79 Å². The Kier molecular flexibility index (Phi) is 7.05. The van der Waals surface area contributed by atoms with Gasteiger partial charge in [0.15, 0.2) is 0 Å². The molecule has 0 bridgehead atoms. The van der Waals surface area contributed by atoms with Gasteiger partial charge in [-0.1, -0.05) is 84.4 Å². The number of nitrogens with one attached hydrogen (secondary N) is 1. The molecule has 1 amide bonds. The molecule has 0 unspecified atom stereocenters. The summed E-state index contributed by atoms with van der Waals surface area (Å²) in [5, 5.41) is 4.50. The van der Waals surface area contributed by atoms with E-state index in [-0.39, 0.29) is 5.91 Å². The SMILES string of the molecule is Cc1cccc(CNc2ncnc3ccc(-c4cccc(CN(C(=O)Cc5ccccc5)C5CC5)c4)cc23)c1. The number of hydrogen-bond donors (Lipinski definition) is 1. The van der Waals surface area contributed by atoms with E-state index in [0.717, 1.165) is 51.8 Å². The highest BCUT2D eigenvalue weighted by Crippen LogP contribution is 2.31. The van der Waals surface area contributed by atoms with Crippen LogP contribution in [0.1, 0.15) is 35.1 Å². The molecule has 1 heterocycles. The molecule has 5 nitrogen and oxygen atoms in total. The summed E-state index contributed by atoms with van der Waals surface area (Å²) in [6, 6.07) is 33.7. The number of aryl methyl sites for hydroxylation is 1. The number of nitrogens with zero attached hydrogens (tertiary/aromatic N) is 3. The van der Waals surface area contributed by atoms with Crippen LogP contribution < -0.4 is 5.32 Å². The average Bonchev–Trinajstić information content (AvgIpc) is 3.81. The highest BCUT2D eigenvalue weighted by atomic mass is 16.2. The van der Waals surface area contributed by atoms with E-state index in [9.17, 15) is 4.79 Å². The van der Waals surface area contributed by atoms with Gasteiger partial charge >= 0.3 is 0 Å². The Balaban J connectivity index is 1.23. The van der Waals surface area contributed by atoms with Gasteiger partial charge in [0.25, 0.3) is 0 Å². The minimum atomic E-state index is 0.196. The molecule has 1 aromatic heterocycles. The van der Waals surface area contributed by atoms with Crippen LogP contribution in [0.4, 0.5) is 5.82 Å². The average molecular weight is 513 g/mol. The Bertz CT molecular complexity index is 1610. The molecule has 6 rings (SSSR count). The summed E-state index contributed by atoms with van der Waals surface area (Å²) in [7, 11) is 0. The molecule has 0 aliphatic heterocycles. The summed E-state index contributed by atoms with van der Waals surface area (Å²) in [6.45, 7) is 3.43. The van der Waals surface area contributed by atoms with Crippen LogP contribution in [0.2, 0.25) is 0 Å². The fourth-order valence-electron chi connectivity index (χ4n) is 5.11. The molecule has 0 atom stereocenters. The molecular weight excluding hydrogens is 480 g/mol. The van der Waals surface area contributed by atoms with Crippen molar-refractivity contribution in [3.8, 4) is 11.1 Å². The lowest BCUT2D eigenvalue weighted by Crippen LogP contribution is -2.33. The van der Waals surface area contributed by atoms with Crippen LogP contribution in [0.15, 0.2) is 103 Å². The van der Waals surface area contributed by atoms with E-state index in [2.05, 4.69) is 93.8 Å². The smallest absolute Gasteiger partial charge is 0.227 e. The standard InChI is InChI=1S/C34H32N4O/c1-24-7-5-10-26(17-24)21-35-34-31-20-29(13-16-32(31)36-23-37-34)28-12-6-11-27(18-28)22-38(30-14-15-30)33(39)19-25-8-3-2-4-9-25/h2-13,16-18,20,23,30H,14-15,19,21-22H2,1H3,(H,35,36,37). The van der Waals surface area contributed by atoms with Crippen molar-refractivity contribution in [2.75, 3.05) is 5.32 Å². The van der Waals surface area contributed by atoms with Gasteiger partial charge in [0.05, 0.1) is 11.9 Å². The molecule has 0 radical (unpaired) electrons. The Morgan fingerprint density at radius 1 is 0.821 bits per heavy atom. The second kappa shape index (κ2) is 11.1. The number of fused-ring (bicyclic) bond motifs is 1. The van der Waals surface area contributed by atoms with E-state index in [0.29, 0.717) is 25.6 Å². The van der Waals surface area contributed by atoms with Gasteiger partial charge < -0.3 is 10.2 Å². The zero-order chi connectivity index (χ0) is 26.6. The summed E-state index contributed by atoms with van der Waals surface area (Å²) >= 11 is 0. The maximum absolute atomic E-state index is 13.2. The second-order valence-corrected chi connectivity index (χ2v) is 10.4. The van der Waals surface area contributed by atoms with Crippen LogP contribution in [0.5, 0.6) is 0 Å². The van der Waals surface area contributed by atoms with Gasteiger partial charge in [0.2, 0.25) is 5.91 Å². The summed E-state index contributed by atoms with van der Waals surface area (Å²) in [5.74, 6) is 1.02. The molecule has 194 valence electrons. The number of amides is 1. The topological polar surface area (TPSA) is 58.1 Å². The third-order valence-corrected chi connectivity index (χ3v) is 7.30. The van der Waals surface area contributed by atoms with Crippen molar-refractivity contribution in [2.24, 2.45) is 0 Å². The predicted molar refractivity (Wildman–Crippen MR) is 157 cm³/mol. The van der Waals surface area contributed by atoms with Crippen molar-refractivity contribution in [3.05, 3.63) is 126 Å². The van der Waals surface area contributed by atoms with Crippen LogP contribution in [0, 0.1) is 6.92 Å². The van der Waals surface area contributed by atoms with Crippen molar-refractivity contribution >= 4 is 22.6 Å². The van der Waals surface area contributed by atoms with E-state index in [4.69, 9.17) is 0 Å². The monoisotopic (exact) mass is 512 g/mol. The van der Waals surface area contributed by atoms with Gasteiger partial charge in [-0.25, -0.2) is 9.97 Å². The summed E-state index contributed by atoms with van der Waals surface area (Å²) < 4.78 is 0. The first kappa shape index (κ1) is 24.8. The Hall–Kier alpha value is -4.51. The first-order valence-electron chi connectivity index (χ1n) is 13.6. The van der Waals surface area contributed by atoms with Crippen LogP contribution >= 0.6 is 0 Å². The fourth-order valence-corrected chi connectivity index (χ4v) is 5.11. The Morgan fingerprint density at radius 2 is 1.59 bits per heavy atom. The quantitative estimate of drug-likeness (QED) is 0.232. The van der Waals surface area contributed by atoms with E-state index < -0.39 is 0 Å². The lowest BCUT2D eigenvalue weighted by atomic mass is 10.0. The molecule has 1 aliphatic rings. The molecule has 0 saturated heterocycles. The number of anilines is 1. The maximum Gasteiger partial charge on any atom is 0.227 e. The van der Waals surface area contributed by atoms with Gasteiger partial charge in [-0.05, 0) is 65.8 Å². The van der Waals surface area contributed by atoms with E-state index >= 15 is 0 Å². The largest absolute Gasteiger partial charge is 0.365 e. The van der Waals surface area contributed by atoms with Crippen molar-refractivity contribution in [1.29, 1.82) is 0 Å². The van der Waals surface area contributed by atoms with E-state index in [1.54, 1.807) is 6.33 Å². The normalized spacial score (nSPS) is 12.8. The van der Waals surface area contributed by atoms with Gasteiger partial charge in [-0.2, -0.15) is 0 Å². The van der Waals surface area contributed by atoms with Gasteiger partial charge in [0.1, 0.15) is 12.1 Å². The third kappa shape index (κ3) is 5.99. The molecule has 39 heavy (non-hydrogen) atoms. The molecule has 5 heteroatoms. The first-order valence-corrected chi connectivity index (χ1v) is 13.6. The van der Waals surface area contributed by atoms with Crippen LogP contribution in [-0.2, 0) is 24.3 Å². The summed E-state index contributed by atoms with van der Waals surface area (Å²) in [4.78, 5) is 24.3. The highest BCUT2D eigenvalue weighted by molar-refractivity contribution is 5.92. The minimum Gasteiger partial charge on any atom is -0.365 e. The zero-order valence-electron chi connectivity index (χ0n) is 22.2. The second-order valence-electron chi connectivity index (χ2n) is 10.4. The molecule has 1 aliphatic carbocycles. The van der Waals surface area contributed by atoms with Crippen LogP contribution in [0.25, 0.3) is 22.0 Å². The molecule has 1 N–H and O–H groups in total. The van der Waals surface area contributed by atoms with Crippen molar-refractivity contribution < 1.29 is 4.79 Å². The highest BCUT2D eigenvalue weighted by Gasteiger charge is 2.32. The number of carbonyl (C=O) groups excluding carboxylic acids is 1. The number of rotatable bonds is 9. The lowest BCUT2D eigenvalue weighted by molar-refractivity contribution is -0.131. The van der Waals surface area contributed by atoms with Gasteiger partial charge in [-0.15, -0.1) is 0 Å². The zero-order valence-corrected chi connectivity index (χ0v) is 22.2. The van der Waals surface area contributed by atoms with E-state index in [1.807, 2.05) is 30.3 Å². The Morgan fingerprint density at radius 3 is 2.41 bits per heavy atom. The fraction of sp³-hybridized carbons (Fsp3) is 0.206. The van der Waals surface area contributed by atoms with Crippen molar-refractivity contribution in [2.45, 2.75) is 45.3 Å². The van der Waals surface area contributed by atoms with Crippen molar-refractivity contribution in [1.82, 2.24) is 14.9 Å². The molecule has 5 aromatic rings. The predicted octanol–water partition coefficient (Wildman–Crippen LogP) is 6.95. The number of hydrogen-bond acceptors (Lipinski definition) is 4. The molecular formula is C34H32N4O. The van der Waals surface area contributed by atoms with Gasteiger partial charge in [0, 0.05) is 24.5 Å². The summed E-state index contributed by atoms with van der Waals surface area (Å²) in [6.07, 6.45) is 4.23. The maximum atomic E-state index is 13.2. The minimum absolute atomic E-state index is 0.196. The summed E-state index contributed by atoms with van der Waals surface area (Å²) in [5.41, 5.74) is 7.79. The number of benzene rings is 4. The third-order valence-electron chi connectivity index (χ3n) is 7.30. The lowest BCUT2D eigenvalue weighted by Gasteiger charge is -2.23. The van der Waals surface area contributed by atoms with Crippen LogP contribution in [-0.4, -0.2) is 26.8 Å². The first-order chi connectivity index (χ1) is 19.1. The van der Waals surface area contributed by atoms with E-state index in [1.165, 1.54) is 11.1 Å². The Labute approximate surface area is 229 Å².